The van der Waals surface area contributed by atoms with E-state index in [9.17, 15) is 4.79 Å². The number of hydrogen-bond donors (Lipinski definition) is 2. The summed E-state index contributed by atoms with van der Waals surface area (Å²) in [5.74, 6) is -0.970. The van der Waals surface area contributed by atoms with Crippen LogP contribution in [0.3, 0.4) is 0 Å². The molecule has 0 aliphatic heterocycles. The van der Waals surface area contributed by atoms with E-state index in [2.05, 4.69) is 10.1 Å². The van der Waals surface area contributed by atoms with Gasteiger partial charge in [-0.15, -0.1) is 0 Å². The normalized spacial score (nSPS) is 10.4. The van der Waals surface area contributed by atoms with Gasteiger partial charge in [-0.05, 0) is 12.1 Å². The van der Waals surface area contributed by atoms with E-state index in [0.29, 0.717) is 11.4 Å². The van der Waals surface area contributed by atoms with Crippen molar-refractivity contribution in [1.29, 1.82) is 0 Å². The van der Waals surface area contributed by atoms with Crippen LogP contribution < -0.4 is 0 Å². The van der Waals surface area contributed by atoms with Crippen LogP contribution >= 0.6 is 0 Å². The Labute approximate surface area is 80.0 Å². The van der Waals surface area contributed by atoms with E-state index in [1.807, 2.05) is 0 Å². The molecule has 2 N–H and O–H groups in total. The van der Waals surface area contributed by atoms with Crippen LogP contribution in [0.15, 0.2) is 24.5 Å². The molecule has 0 spiro atoms. The van der Waals surface area contributed by atoms with Gasteiger partial charge in [-0.2, -0.15) is 5.10 Å². The second-order valence-corrected chi connectivity index (χ2v) is 2.95. The van der Waals surface area contributed by atoms with E-state index in [1.54, 1.807) is 25.4 Å². The van der Waals surface area contributed by atoms with E-state index in [1.165, 1.54) is 10.9 Å². The highest BCUT2D eigenvalue weighted by atomic mass is 16.4. The highest BCUT2D eigenvalue weighted by Gasteiger charge is 2.16. The summed E-state index contributed by atoms with van der Waals surface area (Å²) in [5, 5.41) is 13.0. The zero-order valence-corrected chi connectivity index (χ0v) is 7.56. The van der Waals surface area contributed by atoms with E-state index in [0.717, 1.165) is 0 Å². The van der Waals surface area contributed by atoms with Gasteiger partial charge in [-0.3, -0.25) is 4.68 Å². The maximum Gasteiger partial charge on any atom is 0.339 e. The van der Waals surface area contributed by atoms with Crippen LogP contribution in [0, 0.1) is 0 Å². The number of carboxylic acid groups (broad SMARTS) is 1. The zero-order chi connectivity index (χ0) is 10.1. The van der Waals surface area contributed by atoms with Crippen molar-refractivity contribution in [2.45, 2.75) is 0 Å². The van der Waals surface area contributed by atoms with Gasteiger partial charge in [-0.25, -0.2) is 4.79 Å². The standard InChI is InChI=1S/C9H9N3O2/c1-12-5-6(9(13)14)8(11-12)7-3-2-4-10-7/h2-5,10H,1H3,(H,13,14). The number of nitrogens with one attached hydrogen (secondary N) is 1. The Morgan fingerprint density at radius 3 is 3.00 bits per heavy atom. The van der Waals surface area contributed by atoms with Gasteiger partial charge in [-0.1, -0.05) is 0 Å². The molecule has 0 saturated heterocycles. The number of aromatic carboxylic acids is 1. The summed E-state index contributed by atoms with van der Waals surface area (Å²) in [6, 6.07) is 3.59. The van der Waals surface area contributed by atoms with Gasteiger partial charge in [0.15, 0.2) is 0 Å². The number of rotatable bonds is 2. The SMILES string of the molecule is Cn1cc(C(=O)O)c(-c2ccc[nH]2)n1. The van der Waals surface area contributed by atoms with Crippen molar-refractivity contribution in [3.05, 3.63) is 30.1 Å². The Hall–Kier alpha value is -2.04. The molecule has 2 heterocycles. The molecule has 0 aromatic carbocycles. The number of nitrogens with zero attached hydrogens (tertiary/aromatic N) is 2. The summed E-state index contributed by atoms with van der Waals surface area (Å²) in [7, 11) is 1.69. The smallest absolute Gasteiger partial charge is 0.339 e. The summed E-state index contributed by atoms with van der Waals surface area (Å²) in [4.78, 5) is 13.8. The number of aromatic nitrogens is 3. The average Bonchev–Trinajstić information content (AvgIpc) is 2.70. The molecule has 2 aromatic rings. The highest BCUT2D eigenvalue weighted by molar-refractivity contribution is 5.94. The lowest BCUT2D eigenvalue weighted by Crippen LogP contribution is -1.96. The van der Waals surface area contributed by atoms with Gasteiger partial charge in [0.2, 0.25) is 0 Å². The minimum absolute atomic E-state index is 0.204. The number of carbonyl (C=O) groups is 1. The lowest BCUT2D eigenvalue weighted by Gasteiger charge is -1.93. The van der Waals surface area contributed by atoms with Crippen molar-refractivity contribution in [2.75, 3.05) is 0 Å². The van der Waals surface area contributed by atoms with Crippen LogP contribution in [0.25, 0.3) is 11.4 Å². The van der Waals surface area contributed by atoms with Crippen LogP contribution in [0.5, 0.6) is 0 Å². The molecule has 0 unspecified atom stereocenters. The van der Waals surface area contributed by atoms with Crippen molar-refractivity contribution < 1.29 is 9.90 Å². The van der Waals surface area contributed by atoms with Gasteiger partial charge in [0, 0.05) is 19.4 Å². The maximum absolute atomic E-state index is 10.9. The van der Waals surface area contributed by atoms with Crippen molar-refractivity contribution in [3.8, 4) is 11.4 Å². The van der Waals surface area contributed by atoms with Gasteiger partial charge in [0.1, 0.15) is 11.3 Å². The molecule has 0 saturated carbocycles. The summed E-state index contributed by atoms with van der Waals surface area (Å²) < 4.78 is 1.49. The van der Waals surface area contributed by atoms with Gasteiger partial charge < -0.3 is 10.1 Å². The molecule has 0 radical (unpaired) electrons. The highest BCUT2D eigenvalue weighted by Crippen LogP contribution is 2.19. The summed E-state index contributed by atoms with van der Waals surface area (Å²) in [6.45, 7) is 0. The lowest BCUT2D eigenvalue weighted by atomic mass is 10.2. The molecule has 2 aromatic heterocycles. The fraction of sp³-hybridized carbons (Fsp3) is 0.111. The van der Waals surface area contributed by atoms with Crippen LogP contribution in [-0.4, -0.2) is 25.8 Å². The summed E-state index contributed by atoms with van der Waals surface area (Å²) in [6.07, 6.45) is 3.22. The van der Waals surface area contributed by atoms with Crippen molar-refractivity contribution >= 4 is 5.97 Å². The molecule has 0 fully saturated rings. The number of H-pyrrole nitrogens is 1. The van der Waals surface area contributed by atoms with Crippen LogP contribution in [-0.2, 0) is 7.05 Å². The minimum atomic E-state index is -0.970. The molecule has 5 heteroatoms. The molecular formula is C9H9N3O2. The number of carboxylic acids is 1. The molecule has 0 aliphatic rings. The van der Waals surface area contributed by atoms with E-state index >= 15 is 0 Å². The third-order valence-corrected chi connectivity index (χ3v) is 1.91. The lowest BCUT2D eigenvalue weighted by molar-refractivity contribution is 0.0697. The third-order valence-electron chi connectivity index (χ3n) is 1.91. The number of hydrogen-bond acceptors (Lipinski definition) is 2. The first-order valence-electron chi connectivity index (χ1n) is 4.09. The van der Waals surface area contributed by atoms with Crippen LogP contribution in [0.2, 0.25) is 0 Å². The second kappa shape index (κ2) is 3.02. The zero-order valence-electron chi connectivity index (χ0n) is 7.56. The molecule has 5 nitrogen and oxygen atoms in total. The van der Waals surface area contributed by atoms with E-state index < -0.39 is 5.97 Å². The predicted octanol–water partition coefficient (Wildman–Crippen LogP) is 1.11. The van der Waals surface area contributed by atoms with Crippen molar-refractivity contribution in [2.24, 2.45) is 7.05 Å². The monoisotopic (exact) mass is 191 g/mol. The second-order valence-electron chi connectivity index (χ2n) is 2.95. The Morgan fingerprint density at radius 1 is 1.64 bits per heavy atom. The summed E-state index contributed by atoms with van der Waals surface area (Å²) in [5.41, 5.74) is 1.38. The van der Waals surface area contributed by atoms with Gasteiger partial charge >= 0.3 is 5.97 Å². The largest absolute Gasteiger partial charge is 0.478 e. The van der Waals surface area contributed by atoms with Crippen LogP contribution in [0.4, 0.5) is 0 Å². The summed E-state index contributed by atoms with van der Waals surface area (Å²) >= 11 is 0. The van der Waals surface area contributed by atoms with Crippen molar-refractivity contribution in [1.82, 2.24) is 14.8 Å². The maximum atomic E-state index is 10.9. The topological polar surface area (TPSA) is 70.9 Å². The quantitative estimate of drug-likeness (QED) is 0.747. The first kappa shape index (κ1) is 8.55. The van der Waals surface area contributed by atoms with E-state index in [-0.39, 0.29) is 5.56 Å². The first-order valence-corrected chi connectivity index (χ1v) is 4.09. The number of aryl methyl sites for hydroxylation is 1. The molecule has 72 valence electrons. The number of aromatic amines is 1. The Balaban J connectivity index is 2.58. The first-order chi connectivity index (χ1) is 6.68. The Kier molecular flexibility index (Phi) is 1.85. The minimum Gasteiger partial charge on any atom is -0.478 e. The van der Waals surface area contributed by atoms with Gasteiger partial charge in [0.05, 0.1) is 5.69 Å². The molecular weight excluding hydrogens is 182 g/mol. The third kappa shape index (κ3) is 1.28. The van der Waals surface area contributed by atoms with E-state index in [4.69, 9.17) is 5.11 Å². The predicted molar refractivity (Wildman–Crippen MR) is 50.0 cm³/mol. The molecule has 0 aliphatic carbocycles. The molecule has 0 amide bonds. The van der Waals surface area contributed by atoms with Crippen LogP contribution in [0.1, 0.15) is 10.4 Å². The fourth-order valence-electron chi connectivity index (χ4n) is 1.32. The van der Waals surface area contributed by atoms with Crippen molar-refractivity contribution in [3.63, 3.8) is 0 Å². The Bertz CT molecular complexity index is 456. The molecule has 0 bridgehead atoms. The molecule has 2 rings (SSSR count). The molecule has 14 heavy (non-hydrogen) atoms. The Morgan fingerprint density at radius 2 is 2.43 bits per heavy atom. The fourth-order valence-corrected chi connectivity index (χ4v) is 1.32. The van der Waals surface area contributed by atoms with Gasteiger partial charge in [0.25, 0.3) is 0 Å². The molecule has 0 atom stereocenters. The average molecular weight is 191 g/mol.